The van der Waals surface area contributed by atoms with Crippen LogP contribution in [0.1, 0.15) is 12.5 Å². The summed E-state index contributed by atoms with van der Waals surface area (Å²) in [4.78, 5) is 4.50. The van der Waals surface area contributed by atoms with Crippen molar-refractivity contribution in [2.75, 3.05) is 0 Å². The molecule has 90 valence electrons. The lowest BCUT2D eigenvalue weighted by atomic mass is 10.2. The number of rotatable bonds is 3. The zero-order chi connectivity index (χ0) is 12.8. The molecule has 0 saturated heterocycles. The second kappa shape index (κ2) is 5.82. The molecule has 0 heterocycles. The molecule has 0 bridgehead atoms. The molecule has 0 N–H and O–H groups in total. The van der Waals surface area contributed by atoms with Gasteiger partial charge < -0.3 is 4.74 Å². The molecule has 2 nitrogen and oxygen atoms in total. The van der Waals surface area contributed by atoms with Gasteiger partial charge in [-0.05, 0) is 31.2 Å². The molecule has 2 rings (SSSR count). The van der Waals surface area contributed by atoms with Gasteiger partial charge in [0.1, 0.15) is 0 Å². The van der Waals surface area contributed by atoms with Crippen LogP contribution in [-0.4, -0.2) is 5.90 Å². The van der Waals surface area contributed by atoms with Gasteiger partial charge in [0.15, 0.2) is 0 Å². The first kappa shape index (κ1) is 12.1. The summed E-state index contributed by atoms with van der Waals surface area (Å²) in [6.45, 7) is 5.57. The van der Waals surface area contributed by atoms with Crippen molar-refractivity contribution < 1.29 is 4.74 Å². The van der Waals surface area contributed by atoms with E-state index in [1.54, 1.807) is 0 Å². The highest BCUT2D eigenvalue weighted by Crippen LogP contribution is 2.15. The molecular weight excluding hydrogens is 222 g/mol. The Balaban J connectivity index is 2.37. The Labute approximate surface area is 107 Å². The van der Waals surface area contributed by atoms with Crippen LogP contribution in [0, 0.1) is 0 Å². The molecule has 0 radical (unpaired) electrons. The quantitative estimate of drug-likeness (QED) is 0.442. The van der Waals surface area contributed by atoms with E-state index in [1.807, 2.05) is 67.6 Å². The minimum Gasteiger partial charge on any atom is -0.444 e. The molecule has 0 unspecified atom stereocenters. The van der Waals surface area contributed by atoms with E-state index in [0.29, 0.717) is 11.7 Å². The molecular formula is C16H15NO. The zero-order valence-corrected chi connectivity index (χ0v) is 10.3. The highest BCUT2D eigenvalue weighted by molar-refractivity contribution is 5.96. The summed E-state index contributed by atoms with van der Waals surface area (Å²) >= 11 is 0. The van der Waals surface area contributed by atoms with Crippen LogP contribution >= 0.6 is 0 Å². The van der Waals surface area contributed by atoms with Gasteiger partial charge in [-0.2, -0.15) is 0 Å². The van der Waals surface area contributed by atoms with E-state index in [1.165, 1.54) is 0 Å². The first-order valence-electron chi connectivity index (χ1n) is 5.78. The lowest BCUT2D eigenvalue weighted by molar-refractivity contribution is 0.421. The Morgan fingerprint density at radius 2 is 1.50 bits per heavy atom. The molecule has 2 aromatic rings. The van der Waals surface area contributed by atoms with Gasteiger partial charge in [-0.3, -0.25) is 0 Å². The Bertz CT molecular complexity index is 544. The first-order valence-corrected chi connectivity index (χ1v) is 5.78. The number of benzene rings is 2. The van der Waals surface area contributed by atoms with Gasteiger partial charge in [0, 0.05) is 5.56 Å². The van der Waals surface area contributed by atoms with Crippen molar-refractivity contribution in [1.29, 1.82) is 0 Å². The smallest absolute Gasteiger partial charge is 0.226 e. The van der Waals surface area contributed by atoms with Gasteiger partial charge in [0.25, 0.3) is 0 Å². The van der Waals surface area contributed by atoms with Gasteiger partial charge in [-0.15, -0.1) is 0 Å². The average Bonchev–Trinajstić information content (AvgIpc) is 2.40. The van der Waals surface area contributed by atoms with E-state index in [0.717, 1.165) is 11.3 Å². The van der Waals surface area contributed by atoms with Gasteiger partial charge in [0.05, 0.1) is 11.4 Å². The molecule has 0 amide bonds. The maximum atomic E-state index is 5.60. The molecule has 0 aliphatic carbocycles. The molecule has 2 heteroatoms. The number of hydrogen-bond donors (Lipinski definition) is 0. The number of nitrogens with zero attached hydrogens (tertiary/aromatic N) is 1. The molecule has 0 atom stereocenters. The average molecular weight is 237 g/mol. The maximum absolute atomic E-state index is 5.60. The predicted molar refractivity (Wildman–Crippen MR) is 75.0 cm³/mol. The lowest BCUT2D eigenvalue weighted by Crippen LogP contribution is -2.04. The topological polar surface area (TPSA) is 21.6 Å². The summed E-state index contributed by atoms with van der Waals surface area (Å²) in [5.74, 6) is 1.18. The zero-order valence-electron chi connectivity index (χ0n) is 10.3. The van der Waals surface area contributed by atoms with Crippen molar-refractivity contribution in [2.24, 2.45) is 4.99 Å². The predicted octanol–water partition coefficient (Wildman–Crippen LogP) is 4.32. The largest absolute Gasteiger partial charge is 0.444 e. The second-order valence-corrected chi connectivity index (χ2v) is 3.92. The third-order valence-electron chi connectivity index (χ3n) is 2.28. The Hall–Kier alpha value is -2.35. The monoisotopic (exact) mass is 237 g/mol. The molecule has 0 aliphatic heterocycles. The SMILES string of the molecule is C=C(C)OC(=Nc1ccccc1)c1ccccc1. The molecule has 2 aromatic carbocycles. The molecule has 18 heavy (non-hydrogen) atoms. The Kier molecular flexibility index (Phi) is 3.92. The number of ether oxygens (including phenoxy) is 1. The third kappa shape index (κ3) is 3.32. The minimum absolute atomic E-state index is 0.564. The normalized spacial score (nSPS) is 11.1. The maximum Gasteiger partial charge on any atom is 0.226 e. The van der Waals surface area contributed by atoms with Crippen LogP contribution in [0.4, 0.5) is 5.69 Å². The van der Waals surface area contributed by atoms with Crippen molar-refractivity contribution in [3.05, 3.63) is 78.6 Å². The summed E-state index contributed by atoms with van der Waals surface area (Å²) in [7, 11) is 0. The highest BCUT2D eigenvalue weighted by atomic mass is 16.5. The van der Waals surface area contributed by atoms with Crippen LogP contribution in [0.5, 0.6) is 0 Å². The van der Waals surface area contributed by atoms with Gasteiger partial charge >= 0.3 is 0 Å². The summed E-state index contributed by atoms with van der Waals surface area (Å²) in [5, 5.41) is 0. The fourth-order valence-corrected chi connectivity index (χ4v) is 1.51. The van der Waals surface area contributed by atoms with Crippen molar-refractivity contribution >= 4 is 11.6 Å². The lowest BCUT2D eigenvalue weighted by Gasteiger charge is -2.08. The molecule has 0 fully saturated rings. The van der Waals surface area contributed by atoms with Crippen LogP contribution < -0.4 is 0 Å². The fourth-order valence-electron chi connectivity index (χ4n) is 1.51. The molecule has 0 aromatic heterocycles. The van der Waals surface area contributed by atoms with Crippen LogP contribution in [0.2, 0.25) is 0 Å². The number of hydrogen-bond acceptors (Lipinski definition) is 2. The highest BCUT2D eigenvalue weighted by Gasteiger charge is 2.05. The third-order valence-corrected chi connectivity index (χ3v) is 2.28. The summed E-state index contributed by atoms with van der Waals surface area (Å²) in [5.41, 5.74) is 1.79. The van der Waals surface area contributed by atoms with Crippen LogP contribution in [0.15, 0.2) is 78.0 Å². The van der Waals surface area contributed by atoms with E-state index in [2.05, 4.69) is 11.6 Å². The Morgan fingerprint density at radius 1 is 0.944 bits per heavy atom. The molecule has 0 saturated carbocycles. The number of para-hydroxylation sites is 1. The van der Waals surface area contributed by atoms with Crippen molar-refractivity contribution in [1.82, 2.24) is 0 Å². The standard InChI is InChI=1S/C16H15NO/c1-13(2)18-16(14-9-5-3-6-10-14)17-15-11-7-4-8-12-15/h3-12H,1H2,2H3. The van der Waals surface area contributed by atoms with Crippen molar-refractivity contribution in [3.8, 4) is 0 Å². The summed E-state index contributed by atoms with van der Waals surface area (Å²) in [6, 6.07) is 19.5. The van der Waals surface area contributed by atoms with Crippen LogP contribution in [-0.2, 0) is 4.74 Å². The first-order chi connectivity index (χ1) is 8.75. The van der Waals surface area contributed by atoms with Gasteiger partial charge in [-0.25, -0.2) is 4.99 Å². The minimum atomic E-state index is 0.564. The van der Waals surface area contributed by atoms with Gasteiger partial charge in [-0.1, -0.05) is 43.0 Å². The van der Waals surface area contributed by atoms with E-state index >= 15 is 0 Å². The second-order valence-electron chi connectivity index (χ2n) is 3.92. The molecule has 0 aliphatic rings. The Morgan fingerprint density at radius 3 is 2.06 bits per heavy atom. The van der Waals surface area contributed by atoms with E-state index in [4.69, 9.17) is 4.74 Å². The number of aliphatic imine (C=N–C) groups is 1. The summed E-state index contributed by atoms with van der Waals surface area (Å²) < 4.78 is 5.60. The fraction of sp³-hybridized carbons (Fsp3) is 0.0625. The summed E-state index contributed by atoms with van der Waals surface area (Å²) in [6.07, 6.45) is 0. The van der Waals surface area contributed by atoms with E-state index in [-0.39, 0.29) is 0 Å². The molecule has 0 spiro atoms. The number of allylic oxidation sites excluding steroid dienone is 1. The van der Waals surface area contributed by atoms with Crippen molar-refractivity contribution in [3.63, 3.8) is 0 Å². The van der Waals surface area contributed by atoms with Crippen LogP contribution in [0.3, 0.4) is 0 Å². The van der Waals surface area contributed by atoms with E-state index < -0.39 is 0 Å². The van der Waals surface area contributed by atoms with Crippen molar-refractivity contribution in [2.45, 2.75) is 6.92 Å². The van der Waals surface area contributed by atoms with E-state index in [9.17, 15) is 0 Å². The van der Waals surface area contributed by atoms with Gasteiger partial charge in [0.2, 0.25) is 5.90 Å². The van der Waals surface area contributed by atoms with Crippen LogP contribution in [0.25, 0.3) is 0 Å².